The predicted molar refractivity (Wildman–Crippen MR) is 164 cm³/mol. The van der Waals surface area contributed by atoms with E-state index in [9.17, 15) is 14.4 Å². The molecule has 224 valence electrons. The summed E-state index contributed by atoms with van der Waals surface area (Å²) < 4.78 is 5.51. The van der Waals surface area contributed by atoms with Gasteiger partial charge in [-0.3, -0.25) is 14.4 Å². The van der Waals surface area contributed by atoms with Crippen LogP contribution in [-0.2, 0) is 19.1 Å². The van der Waals surface area contributed by atoms with Gasteiger partial charge in [0.1, 0.15) is 6.54 Å². The molecule has 3 aromatic rings. The minimum Gasteiger partial charge on any atom is -0.465 e. The number of hydrogen-bond donors (Lipinski definition) is 3. The van der Waals surface area contributed by atoms with Crippen LogP contribution >= 0.6 is 0 Å². The van der Waals surface area contributed by atoms with Gasteiger partial charge in [0.05, 0.1) is 24.1 Å². The number of amides is 2. The Bertz CT molecular complexity index is 1370. The van der Waals surface area contributed by atoms with Crippen molar-refractivity contribution in [2.45, 2.75) is 77.7 Å². The molecule has 1 aliphatic heterocycles. The molecule has 2 aromatic carbocycles. The molecule has 1 atom stereocenters. The highest BCUT2D eigenvalue weighted by Gasteiger charge is 2.31. The zero-order chi connectivity index (χ0) is 29.7. The molecule has 0 spiro atoms. The Labute approximate surface area is 247 Å². The van der Waals surface area contributed by atoms with Crippen molar-refractivity contribution >= 4 is 40.5 Å². The van der Waals surface area contributed by atoms with E-state index in [0.29, 0.717) is 37.2 Å². The van der Waals surface area contributed by atoms with Crippen molar-refractivity contribution in [3.8, 4) is 0 Å². The van der Waals surface area contributed by atoms with Crippen LogP contribution in [0.4, 0.5) is 11.6 Å². The highest BCUT2D eigenvalue weighted by Crippen LogP contribution is 2.37. The van der Waals surface area contributed by atoms with Crippen molar-refractivity contribution in [3.63, 3.8) is 0 Å². The van der Waals surface area contributed by atoms with Crippen LogP contribution in [0.1, 0.15) is 77.2 Å². The zero-order valence-corrected chi connectivity index (χ0v) is 24.9. The number of anilines is 2. The summed E-state index contributed by atoms with van der Waals surface area (Å²) in [5, 5.41) is 6.61. The number of imidazole rings is 1. The molecule has 0 saturated heterocycles. The third kappa shape index (κ3) is 7.69. The van der Waals surface area contributed by atoms with E-state index in [1.165, 1.54) is 0 Å². The van der Waals surface area contributed by atoms with Gasteiger partial charge in [-0.15, -0.1) is 0 Å². The molecule has 2 heterocycles. The Kier molecular flexibility index (Phi) is 9.14. The van der Waals surface area contributed by atoms with Gasteiger partial charge in [-0.2, -0.15) is 0 Å². The molecule has 1 unspecified atom stereocenters. The topological polar surface area (TPSA) is 116 Å². The lowest BCUT2D eigenvalue weighted by Gasteiger charge is -2.29. The summed E-state index contributed by atoms with van der Waals surface area (Å²) in [4.78, 5) is 48.4. The van der Waals surface area contributed by atoms with Crippen LogP contribution in [-0.4, -0.2) is 53.5 Å². The number of nitrogens with zero attached hydrogens (tertiary/aromatic N) is 2. The number of ether oxygens (including phenoxy) is 1. The smallest absolute Gasteiger partial charge is 0.306 e. The Balaban J connectivity index is 1.11. The van der Waals surface area contributed by atoms with Crippen LogP contribution in [0.15, 0.2) is 48.5 Å². The van der Waals surface area contributed by atoms with Crippen molar-refractivity contribution in [2.75, 3.05) is 29.9 Å². The lowest BCUT2D eigenvalue weighted by atomic mass is 9.86. The number of esters is 1. The first-order valence-electron chi connectivity index (χ1n) is 15.2. The Morgan fingerprint density at radius 1 is 1.02 bits per heavy atom. The zero-order valence-electron chi connectivity index (χ0n) is 24.9. The summed E-state index contributed by atoms with van der Waals surface area (Å²) in [6.07, 6.45) is 5.08. The third-order valence-corrected chi connectivity index (χ3v) is 8.22. The van der Waals surface area contributed by atoms with Gasteiger partial charge in [-0.25, -0.2) is 4.98 Å². The number of nitrogens with one attached hydrogen (secondary N) is 3. The molecule has 3 N–H and O–H groups in total. The summed E-state index contributed by atoms with van der Waals surface area (Å²) in [5.41, 5.74) is 3.50. The fraction of sp³-hybridized carbons (Fsp3) is 0.515. The number of hydrogen-bond acceptors (Lipinski definition) is 6. The lowest BCUT2D eigenvalue weighted by Crippen LogP contribution is -2.42. The molecule has 9 nitrogen and oxygen atoms in total. The summed E-state index contributed by atoms with van der Waals surface area (Å²) >= 11 is 0. The number of aromatic amines is 1. The maximum Gasteiger partial charge on any atom is 0.306 e. The number of H-pyrrole nitrogens is 1. The van der Waals surface area contributed by atoms with E-state index in [-0.39, 0.29) is 48.5 Å². The SMILES string of the molecule is CC(C)(C)COC(=O)CC1CCC(=O)N(CC(=O)NCC2CCC(Nc3nc4ccccc4[nH]3)CC2)c2ccccc21. The van der Waals surface area contributed by atoms with Gasteiger partial charge in [0.2, 0.25) is 17.8 Å². The first kappa shape index (κ1) is 29.6. The minimum atomic E-state index is -0.258. The standard InChI is InChI=1S/C33H43N5O4/c1-33(2,3)21-42-31(41)18-23-14-17-30(40)38(28-11-7-4-8-25(23)28)20-29(39)34-19-22-12-15-24(16-13-22)35-32-36-26-9-5-6-10-27(26)37-32/h4-11,22-24H,12-21H2,1-3H3,(H,34,39)(H2,35,36,37). The molecule has 9 heteroatoms. The number of para-hydroxylation sites is 3. The van der Waals surface area contributed by atoms with E-state index in [2.05, 4.69) is 20.6 Å². The number of fused-ring (bicyclic) bond motifs is 2. The predicted octanol–water partition coefficient (Wildman–Crippen LogP) is 5.54. The van der Waals surface area contributed by atoms with Crippen LogP contribution < -0.4 is 15.5 Å². The van der Waals surface area contributed by atoms with Gasteiger partial charge < -0.3 is 25.3 Å². The van der Waals surface area contributed by atoms with E-state index in [1.54, 1.807) is 4.90 Å². The van der Waals surface area contributed by atoms with Crippen molar-refractivity contribution in [1.82, 2.24) is 15.3 Å². The third-order valence-electron chi connectivity index (χ3n) is 8.22. The Morgan fingerprint density at radius 3 is 2.52 bits per heavy atom. The molecule has 1 fully saturated rings. The molecular weight excluding hydrogens is 530 g/mol. The average Bonchev–Trinajstić information content (AvgIpc) is 3.33. The number of rotatable bonds is 9. The highest BCUT2D eigenvalue weighted by atomic mass is 16.5. The highest BCUT2D eigenvalue weighted by molar-refractivity contribution is 6.00. The molecule has 5 rings (SSSR count). The molecular formula is C33H43N5O4. The van der Waals surface area contributed by atoms with E-state index < -0.39 is 0 Å². The molecule has 1 aromatic heterocycles. The van der Waals surface area contributed by atoms with Gasteiger partial charge in [0.25, 0.3) is 0 Å². The molecule has 2 aliphatic rings. The van der Waals surface area contributed by atoms with Gasteiger partial charge in [-0.05, 0) is 73.1 Å². The fourth-order valence-electron chi connectivity index (χ4n) is 5.93. The van der Waals surface area contributed by atoms with E-state index in [4.69, 9.17) is 4.74 Å². The van der Waals surface area contributed by atoms with Crippen molar-refractivity contribution in [1.29, 1.82) is 0 Å². The summed E-state index contributed by atoms with van der Waals surface area (Å²) in [6.45, 7) is 6.99. The monoisotopic (exact) mass is 573 g/mol. The second kappa shape index (κ2) is 13.0. The quantitative estimate of drug-likeness (QED) is 0.290. The van der Waals surface area contributed by atoms with Gasteiger partial charge in [-0.1, -0.05) is 51.1 Å². The van der Waals surface area contributed by atoms with Gasteiger partial charge >= 0.3 is 5.97 Å². The first-order chi connectivity index (χ1) is 20.1. The maximum absolute atomic E-state index is 13.2. The minimum absolute atomic E-state index is 0.0278. The fourth-order valence-corrected chi connectivity index (χ4v) is 5.93. The first-order valence-corrected chi connectivity index (χ1v) is 15.2. The summed E-state index contributed by atoms with van der Waals surface area (Å²) in [7, 11) is 0. The van der Waals surface area contributed by atoms with Crippen molar-refractivity contribution < 1.29 is 19.1 Å². The van der Waals surface area contributed by atoms with Crippen molar-refractivity contribution in [2.24, 2.45) is 11.3 Å². The van der Waals surface area contributed by atoms with E-state index in [0.717, 1.165) is 48.2 Å². The Hall–Kier alpha value is -3.88. The normalized spacial score (nSPS) is 21.0. The van der Waals surface area contributed by atoms with E-state index >= 15 is 0 Å². The number of aromatic nitrogens is 2. The molecule has 2 amide bonds. The Morgan fingerprint density at radius 2 is 1.76 bits per heavy atom. The van der Waals surface area contributed by atoms with Gasteiger partial charge in [0.15, 0.2) is 0 Å². The number of benzene rings is 2. The molecule has 1 saturated carbocycles. The second-order valence-electron chi connectivity index (χ2n) is 13.0. The summed E-state index contributed by atoms with van der Waals surface area (Å²) in [5.74, 6) is 0.557. The lowest BCUT2D eigenvalue weighted by molar-refractivity contribution is -0.147. The van der Waals surface area contributed by atoms with Crippen LogP contribution in [0.3, 0.4) is 0 Å². The molecule has 42 heavy (non-hydrogen) atoms. The van der Waals surface area contributed by atoms with E-state index in [1.807, 2.05) is 69.3 Å². The van der Waals surface area contributed by atoms with Crippen LogP contribution in [0, 0.1) is 11.3 Å². The second-order valence-corrected chi connectivity index (χ2v) is 13.0. The van der Waals surface area contributed by atoms with Crippen LogP contribution in [0.2, 0.25) is 0 Å². The maximum atomic E-state index is 13.2. The van der Waals surface area contributed by atoms with Crippen LogP contribution in [0.25, 0.3) is 11.0 Å². The largest absolute Gasteiger partial charge is 0.465 e. The molecule has 0 radical (unpaired) electrons. The summed E-state index contributed by atoms with van der Waals surface area (Å²) in [6, 6.07) is 16.0. The number of carbonyl (C=O) groups is 3. The van der Waals surface area contributed by atoms with Crippen LogP contribution in [0.5, 0.6) is 0 Å². The number of carbonyl (C=O) groups excluding carboxylic acids is 3. The average molecular weight is 574 g/mol. The molecule has 1 aliphatic carbocycles. The van der Waals surface area contributed by atoms with Gasteiger partial charge in [0, 0.05) is 24.7 Å². The molecule has 0 bridgehead atoms. The van der Waals surface area contributed by atoms with Crippen molar-refractivity contribution in [3.05, 3.63) is 54.1 Å².